The zero-order chi connectivity index (χ0) is 14.6. The SMILES string of the molecule is CCCNC(=O)C1COCCN1C(=O)C1(N)CCCC1. The Morgan fingerprint density at radius 1 is 1.40 bits per heavy atom. The Bertz CT molecular complexity index is 367. The average molecular weight is 283 g/mol. The maximum Gasteiger partial charge on any atom is 0.245 e. The summed E-state index contributed by atoms with van der Waals surface area (Å²) in [5.41, 5.74) is 5.46. The molecule has 1 aliphatic carbocycles. The summed E-state index contributed by atoms with van der Waals surface area (Å²) in [7, 11) is 0. The van der Waals surface area contributed by atoms with Gasteiger partial charge >= 0.3 is 0 Å². The standard InChI is InChI=1S/C14H25N3O3/c1-2-7-16-12(18)11-10-20-9-8-17(11)13(19)14(15)5-3-4-6-14/h11H,2-10,15H2,1H3,(H,16,18). The highest BCUT2D eigenvalue weighted by atomic mass is 16.5. The molecular weight excluding hydrogens is 258 g/mol. The van der Waals surface area contributed by atoms with Crippen molar-refractivity contribution in [1.29, 1.82) is 0 Å². The molecule has 1 aliphatic heterocycles. The predicted molar refractivity (Wildman–Crippen MR) is 75.0 cm³/mol. The molecule has 6 nitrogen and oxygen atoms in total. The summed E-state index contributed by atoms with van der Waals surface area (Å²) in [6.07, 6.45) is 4.27. The van der Waals surface area contributed by atoms with E-state index in [1.807, 2.05) is 6.92 Å². The molecular formula is C14H25N3O3. The minimum Gasteiger partial charge on any atom is -0.377 e. The molecule has 0 bridgehead atoms. The van der Waals surface area contributed by atoms with Crippen molar-refractivity contribution in [2.24, 2.45) is 5.73 Å². The van der Waals surface area contributed by atoms with Gasteiger partial charge < -0.3 is 20.7 Å². The molecule has 0 aromatic heterocycles. The Balaban J connectivity index is 2.06. The summed E-state index contributed by atoms with van der Waals surface area (Å²) >= 11 is 0. The number of morpholine rings is 1. The fourth-order valence-electron chi connectivity index (χ4n) is 2.94. The Morgan fingerprint density at radius 3 is 2.75 bits per heavy atom. The fourth-order valence-corrected chi connectivity index (χ4v) is 2.94. The lowest BCUT2D eigenvalue weighted by Gasteiger charge is -2.39. The van der Waals surface area contributed by atoms with Gasteiger partial charge in [-0.1, -0.05) is 19.8 Å². The number of carbonyl (C=O) groups excluding carboxylic acids is 2. The second kappa shape index (κ2) is 6.54. The van der Waals surface area contributed by atoms with E-state index in [-0.39, 0.29) is 18.4 Å². The minimum absolute atomic E-state index is 0.0880. The van der Waals surface area contributed by atoms with Gasteiger partial charge in [0.2, 0.25) is 11.8 Å². The molecule has 2 amide bonds. The van der Waals surface area contributed by atoms with Crippen molar-refractivity contribution in [3.63, 3.8) is 0 Å². The first-order valence-corrected chi connectivity index (χ1v) is 7.54. The van der Waals surface area contributed by atoms with Gasteiger partial charge in [0.05, 0.1) is 18.8 Å². The van der Waals surface area contributed by atoms with Crippen molar-refractivity contribution in [1.82, 2.24) is 10.2 Å². The highest BCUT2D eigenvalue weighted by Gasteiger charge is 2.44. The van der Waals surface area contributed by atoms with Crippen molar-refractivity contribution in [2.75, 3.05) is 26.3 Å². The smallest absolute Gasteiger partial charge is 0.245 e. The molecule has 3 N–H and O–H groups in total. The highest BCUT2D eigenvalue weighted by molar-refractivity contribution is 5.92. The van der Waals surface area contributed by atoms with Crippen LogP contribution in [0.25, 0.3) is 0 Å². The van der Waals surface area contributed by atoms with Crippen LogP contribution in [0.15, 0.2) is 0 Å². The Labute approximate surface area is 120 Å². The highest BCUT2D eigenvalue weighted by Crippen LogP contribution is 2.30. The molecule has 1 heterocycles. The van der Waals surface area contributed by atoms with Crippen molar-refractivity contribution >= 4 is 11.8 Å². The molecule has 2 rings (SSSR count). The van der Waals surface area contributed by atoms with Crippen LogP contribution in [0.1, 0.15) is 39.0 Å². The van der Waals surface area contributed by atoms with E-state index in [2.05, 4.69) is 5.32 Å². The van der Waals surface area contributed by atoms with Crippen LogP contribution in [0.2, 0.25) is 0 Å². The molecule has 20 heavy (non-hydrogen) atoms. The zero-order valence-electron chi connectivity index (χ0n) is 12.2. The minimum atomic E-state index is -0.777. The lowest BCUT2D eigenvalue weighted by molar-refractivity contribution is -0.152. The molecule has 2 fully saturated rings. The van der Waals surface area contributed by atoms with E-state index in [1.54, 1.807) is 4.90 Å². The number of amides is 2. The molecule has 0 aromatic carbocycles. The van der Waals surface area contributed by atoms with Crippen LogP contribution in [0, 0.1) is 0 Å². The Kier molecular flexibility index (Phi) is 4.99. The molecule has 114 valence electrons. The van der Waals surface area contributed by atoms with Crippen molar-refractivity contribution in [2.45, 2.75) is 50.6 Å². The second-order valence-corrected chi connectivity index (χ2v) is 5.74. The lowest BCUT2D eigenvalue weighted by atomic mass is 9.96. The summed E-state index contributed by atoms with van der Waals surface area (Å²) in [4.78, 5) is 26.5. The first kappa shape index (κ1) is 15.3. The molecule has 1 unspecified atom stereocenters. The fraction of sp³-hybridized carbons (Fsp3) is 0.857. The monoisotopic (exact) mass is 283 g/mol. The lowest BCUT2D eigenvalue weighted by Crippen LogP contribution is -2.62. The normalized spacial score (nSPS) is 25.5. The quantitative estimate of drug-likeness (QED) is 0.761. The van der Waals surface area contributed by atoms with Gasteiger partial charge in [-0.25, -0.2) is 0 Å². The maximum atomic E-state index is 12.7. The third-order valence-corrected chi connectivity index (χ3v) is 4.16. The number of rotatable bonds is 4. The summed E-state index contributed by atoms with van der Waals surface area (Å²) in [5, 5.41) is 2.84. The van der Waals surface area contributed by atoms with Gasteiger partial charge in [0, 0.05) is 13.1 Å². The summed E-state index contributed by atoms with van der Waals surface area (Å²) in [6, 6.07) is -0.538. The van der Waals surface area contributed by atoms with E-state index in [4.69, 9.17) is 10.5 Å². The van der Waals surface area contributed by atoms with Crippen LogP contribution < -0.4 is 11.1 Å². The molecule has 0 aromatic rings. The van der Waals surface area contributed by atoms with Gasteiger partial charge in [-0.05, 0) is 19.3 Å². The van der Waals surface area contributed by atoms with Crippen LogP contribution in [-0.4, -0.2) is 54.6 Å². The van der Waals surface area contributed by atoms with Crippen LogP contribution in [0.4, 0.5) is 0 Å². The number of hydrogen-bond donors (Lipinski definition) is 2. The van der Waals surface area contributed by atoms with Crippen molar-refractivity contribution in [3.05, 3.63) is 0 Å². The molecule has 1 atom stereocenters. The first-order valence-electron chi connectivity index (χ1n) is 7.54. The topological polar surface area (TPSA) is 84.7 Å². The van der Waals surface area contributed by atoms with Gasteiger partial charge in [0.1, 0.15) is 6.04 Å². The number of hydrogen-bond acceptors (Lipinski definition) is 4. The molecule has 6 heteroatoms. The van der Waals surface area contributed by atoms with E-state index in [0.717, 1.165) is 19.3 Å². The summed E-state index contributed by atoms with van der Waals surface area (Å²) < 4.78 is 5.36. The Hall–Kier alpha value is -1.14. The van der Waals surface area contributed by atoms with Crippen LogP contribution in [0.5, 0.6) is 0 Å². The third kappa shape index (κ3) is 3.12. The predicted octanol–water partition coefficient (Wildman–Crippen LogP) is 0.0115. The Morgan fingerprint density at radius 2 is 2.10 bits per heavy atom. The third-order valence-electron chi connectivity index (χ3n) is 4.16. The van der Waals surface area contributed by atoms with E-state index >= 15 is 0 Å². The first-order chi connectivity index (χ1) is 9.58. The van der Waals surface area contributed by atoms with Crippen molar-refractivity contribution < 1.29 is 14.3 Å². The van der Waals surface area contributed by atoms with E-state index < -0.39 is 11.6 Å². The number of nitrogens with one attached hydrogen (secondary N) is 1. The van der Waals surface area contributed by atoms with Crippen LogP contribution in [-0.2, 0) is 14.3 Å². The molecule has 0 radical (unpaired) electrons. The summed E-state index contributed by atoms with van der Waals surface area (Å²) in [6.45, 7) is 3.79. The average Bonchev–Trinajstić information content (AvgIpc) is 2.92. The van der Waals surface area contributed by atoms with Gasteiger partial charge in [-0.2, -0.15) is 0 Å². The number of nitrogens with two attached hydrogens (primary N) is 1. The largest absolute Gasteiger partial charge is 0.377 e. The molecule has 1 saturated heterocycles. The molecule has 2 aliphatic rings. The van der Waals surface area contributed by atoms with E-state index in [9.17, 15) is 9.59 Å². The second-order valence-electron chi connectivity index (χ2n) is 5.74. The van der Waals surface area contributed by atoms with Gasteiger partial charge in [-0.15, -0.1) is 0 Å². The molecule has 0 spiro atoms. The van der Waals surface area contributed by atoms with Gasteiger partial charge in [0.25, 0.3) is 0 Å². The van der Waals surface area contributed by atoms with E-state index in [0.29, 0.717) is 32.5 Å². The molecule has 1 saturated carbocycles. The van der Waals surface area contributed by atoms with Gasteiger partial charge in [0.15, 0.2) is 0 Å². The van der Waals surface area contributed by atoms with Crippen molar-refractivity contribution in [3.8, 4) is 0 Å². The van der Waals surface area contributed by atoms with E-state index in [1.165, 1.54) is 0 Å². The van der Waals surface area contributed by atoms with Gasteiger partial charge in [-0.3, -0.25) is 9.59 Å². The van der Waals surface area contributed by atoms with Crippen LogP contribution in [0.3, 0.4) is 0 Å². The zero-order valence-corrected chi connectivity index (χ0v) is 12.2. The number of carbonyl (C=O) groups is 2. The van der Waals surface area contributed by atoms with Crippen LogP contribution >= 0.6 is 0 Å². The number of ether oxygens (including phenoxy) is 1. The number of nitrogens with zero attached hydrogens (tertiary/aromatic N) is 1. The maximum absolute atomic E-state index is 12.7. The summed E-state index contributed by atoms with van der Waals surface area (Å²) in [5.74, 6) is -0.226.